The third kappa shape index (κ3) is 4.66. The highest BCUT2D eigenvalue weighted by Gasteiger charge is 2.30. The summed E-state index contributed by atoms with van der Waals surface area (Å²) >= 11 is 0. The minimum atomic E-state index is -0.213. The summed E-state index contributed by atoms with van der Waals surface area (Å²) in [6, 6.07) is 5.95. The van der Waals surface area contributed by atoms with Crippen LogP contribution in [0.15, 0.2) is 46.8 Å². The zero-order valence-corrected chi connectivity index (χ0v) is 20.7. The van der Waals surface area contributed by atoms with Crippen LogP contribution in [0.1, 0.15) is 18.2 Å². The molecule has 190 valence electrons. The first-order valence-electron chi connectivity index (χ1n) is 12.2. The molecule has 1 atom stereocenters. The number of anilines is 3. The number of ether oxygens (including phenoxy) is 1. The number of fused-ring (bicyclic) bond motifs is 1. The highest BCUT2D eigenvalue weighted by Crippen LogP contribution is 2.32. The Morgan fingerprint density at radius 1 is 1.25 bits per heavy atom. The Kier molecular flexibility index (Phi) is 6.64. The van der Waals surface area contributed by atoms with Gasteiger partial charge in [-0.25, -0.2) is 9.98 Å². The second kappa shape index (κ2) is 10.0. The van der Waals surface area contributed by atoms with Crippen molar-refractivity contribution in [2.24, 2.45) is 4.99 Å². The molecule has 3 aliphatic rings. The molecule has 1 amide bonds. The van der Waals surface area contributed by atoms with Gasteiger partial charge in [0.15, 0.2) is 0 Å². The largest absolute Gasteiger partial charge is 0.494 e. The molecule has 2 N–H and O–H groups in total. The lowest BCUT2D eigenvalue weighted by Crippen LogP contribution is -2.44. The Labute approximate surface area is 210 Å². The minimum Gasteiger partial charge on any atom is -0.494 e. The number of nitrogens with zero attached hydrogens (tertiary/aromatic N) is 6. The van der Waals surface area contributed by atoms with Crippen molar-refractivity contribution in [1.82, 2.24) is 19.4 Å². The molecule has 2 fully saturated rings. The van der Waals surface area contributed by atoms with Gasteiger partial charge >= 0.3 is 0 Å². The summed E-state index contributed by atoms with van der Waals surface area (Å²) < 4.78 is 7.38. The molecule has 0 spiro atoms. The molecule has 1 aromatic carbocycles. The number of amides is 1. The molecule has 3 aliphatic heterocycles. The molecule has 0 radical (unpaired) electrons. The molecule has 11 heteroatoms. The van der Waals surface area contributed by atoms with Crippen LogP contribution in [-0.4, -0.2) is 84.6 Å². The van der Waals surface area contributed by atoms with Gasteiger partial charge in [0.25, 0.3) is 5.56 Å². The minimum absolute atomic E-state index is 0.127. The van der Waals surface area contributed by atoms with Crippen molar-refractivity contribution in [3.63, 3.8) is 0 Å². The zero-order valence-electron chi connectivity index (χ0n) is 20.7. The van der Waals surface area contributed by atoms with Gasteiger partial charge in [-0.05, 0) is 31.7 Å². The van der Waals surface area contributed by atoms with Crippen LogP contribution in [0.25, 0.3) is 0 Å². The van der Waals surface area contributed by atoms with Gasteiger partial charge in [-0.3, -0.25) is 14.2 Å². The van der Waals surface area contributed by atoms with Crippen molar-refractivity contribution in [2.75, 3.05) is 69.0 Å². The lowest BCUT2D eigenvalue weighted by Gasteiger charge is -2.34. The average molecular weight is 493 g/mol. The van der Waals surface area contributed by atoms with Crippen LogP contribution in [-0.2, 0) is 11.3 Å². The van der Waals surface area contributed by atoms with Crippen LogP contribution in [0, 0.1) is 0 Å². The van der Waals surface area contributed by atoms with Gasteiger partial charge in [0.2, 0.25) is 11.9 Å². The lowest BCUT2D eigenvalue weighted by molar-refractivity contribution is -0.125. The summed E-state index contributed by atoms with van der Waals surface area (Å²) in [5, 5.41) is 6.59. The number of likely N-dealkylation sites (N-methyl/N-ethyl adjacent to an activating group) is 1. The number of aromatic nitrogens is 2. The normalized spacial score (nSPS) is 19.8. The number of carbonyl (C=O) groups excluding carboxylic acids is 1. The number of nitrogens with one attached hydrogen (secondary N) is 2. The van der Waals surface area contributed by atoms with Crippen molar-refractivity contribution < 1.29 is 9.53 Å². The first kappa shape index (κ1) is 23.9. The highest BCUT2D eigenvalue weighted by molar-refractivity contribution is 6.05. The van der Waals surface area contributed by atoms with Crippen LogP contribution in [0.5, 0.6) is 5.75 Å². The predicted octanol–water partition coefficient (Wildman–Crippen LogP) is 1.36. The van der Waals surface area contributed by atoms with Crippen molar-refractivity contribution in [2.45, 2.75) is 19.0 Å². The summed E-state index contributed by atoms with van der Waals surface area (Å²) in [5.74, 6) is 1.69. The number of guanidine groups is 1. The number of aliphatic imine (C=N–C) groups is 1. The van der Waals surface area contributed by atoms with Gasteiger partial charge in [0, 0.05) is 51.0 Å². The lowest BCUT2D eigenvalue weighted by atomic mass is 10.2. The molecule has 5 rings (SSSR count). The summed E-state index contributed by atoms with van der Waals surface area (Å²) in [5.41, 5.74) is 2.36. The van der Waals surface area contributed by atoms with E-state index in [0.29, 0.717) is 49.3 Å². The Bertz CT molecular complexity index is 1250. The number of hydrogen-bond donors (Lipinski definition) is 2. The monoisotopic (exact) mass is 492 g/mol. The molecule has 0 bridgehead atoms. The van der Waals surface area contributed by atoms with Gasteiger partial charge in [-0.1, -0.05) is 6.58 Å². The second-order valence-corrected chi connectivity index (χ2v) is 9.28. The second-order valence-electron chi connectivity index (χ2n) is 9.28. The average Bonchev–Trinajstić information content (AvgIpc) is 3.38. The molecular weight excluding hydrogens is 460 g/mol. The molecule has 2 saturated heterocycles. The third-order valence-electron chi connectivity index (χ3n) is 7.03. The van der Waals surface area contributed by atoms with E-state index in [-0.39, 0.29) is 17.5 Å². The smallest absolute Gasteiger partial charge is 0.270 e. The van der Waals surface area contributed by atoms with Gasteiger partial charge in [-0.15, -0.1) is 0 Å². The highest BCUT2D eigenvalue weighted by atomic mass is 16.5. The quantitative estimate of drug-likeness (QED) is 0.603. The van der Waals surface area contributed by atoms with E-state index in [0.717, 1.165) is 37.6 Å². The Morgan fingerprint density at radius 3 is 2.81 bits per heavy atom. The fourth-order valence-corrected chi connectivity index (χ4v) is 4.95. The maximum atomic E-state index is 12.8. The number of carbonyl (C=O) groups is 1. The number of methoxy groups -OCH3 is 1. The number of rotatable bonds is 5. The van der Waals surface area contributed by atoms with Crippen LogP contribution >= 0.6 is 0 Å². The fourth-order valence-electron chi connectivity index (χ4n) is 4.95. The number of benzene rings is 1. The Hall–Kier alpha value is -3.86. The van der Waals surface area contributed by atoms with Crippen molar-refractivity contribution in [3.05, 3.63) is 53.1 Å². The van der Waals surface area contributed by atoms with Crippen LogP contribution < -0.4 is 25.8 Å². The molecule has 36 heavy (non-hydrogen) atoms. The predicted molar refractivity (Wildman–Crippen MR) is 140 cm³/mol. The number of hydrogen-bond acceptors (Lipinski definition) is 9. The summed E-state index contributed by atoms with van der Waals surface area (Å²) in [6.45, 7) is 8.92. The van der Waals surface area contributed by atoms with Gasteiger partial charge in [0.1, 0.15) is 17.3 Å². The van der Waals surface area contributed by atoms with Gasteiger partial charge in [-0.2, -0.15) is 0 Å². The molecular formula is C25H32N8O3. The van der Waals surface area contributed by atoms with Crippen LogP contribution in [0.2, 0.25) is 0 Å². The molecule has 0 unspecified atom stereocenters. The first-order chi connectivity index (χ1) is 17.5. The van der Waals surface area contributed by atoms with Crippen molar-refractivity contribution in [1.29, 1.82) is 0 Å². The van der Waals surface area contributed by atoms with E-state index in [2.05, 4.69) is 50.1 Å². The summed E-state index contributed by atoms with van der Waals surface area (Å²) in [7, 11) is 3.79. The zero-order chi connectivity index (χ0) is 25.2. The molecule has 0 saturated carbocycles. The van der Waals surface area contributed by atoms with Gasteiger partial charge < -0.3 is 30.1 Å². The molecule has 4 heterocycles. The molecule has 11 nitrogen and oxygen atoms in total. The van der Waals surface area contributed by atoms with E-state index in [4.69, 9.17) is 4.74 Å². The standard InChI is InChI=1S/C25H32N8O3/c1-4-22(34)32-8-7-18(16-32)33-23(35)15-26-20-14-27-25(29-24(20)33)28-19-6-5-17(13-21(19)36-3)31-11-9-30(2)10-12-31/h4-6,13,15,18H,1,7-12,14,16H2,2-3H3,(H2,27,28,29)/t18-/m1/s1. The number of piperazine rings is 1. The maximum absolute atomic E-state index is 12.8. The van der Waals surface area contributed by atoms with E-state index >= 15 is 0 Å². The van der Waals surface area contributed by atoms with E-state index in [1.54, 1.807) is 16.6 Å². The molecule has 1 aromatic heterocycles. The maximum Gasteiger partial charge on any atom is 0.270 e. The van der Waals surface area contributed by atoms with Crippen LogP contribution in [0.4, 0.5) is 17.2 Å². The topological polar surface area (TPSA) is 107 Å². The first-order valence-corrected chi connectivity index (χ1v) is 12.2. The third-order valence-corrected chi connectivity index (χ3v) is 7.03. The summed E-state index contributed by atoms with van der Waals surface area (Å²) in [4.78, 5) is 40.2. The van der Waals surface area contributed by atoms with E-state index < -0.39 is 0 Å². The van der Waals surface area contributed by atoms with E-state index in [1.165, 1.54) is 12.3 Å². The van der Waals surface area contributed by atoms with Crippen LogP contribution in [0.3, 0.4) is 0 Å². The molecule has 2 aromatic rings. The SMILES string of the molecule is C=CC(=O)N1CC[C@@H](n2c3c(ncc2=O)CN=C(Nc2ccc(N4CCN(C)CC4)cc2OC)N3)C1. The van der Waals surface area contributed by atoms with E-state index in [1.807, 2.05) is 12.1 Å². The molecule has 0 aliphatic carbocycles. The fraction of sp³-hybridized carbons (Fsp3) is 0.440. The number of likely N-dealkylation sites (tertiary alicyclic amines) is 1. The summed E-state index contributed by atoms with van der Waals surface area (Å²) in [6.07, 6.45) is 3.31. The Balaban J connectivity index is 1.35. The van der Waals surface area contributed by atoms with Crippen molar-refractivity contribution >= 4 is 29.1 Å². The van der Waals surface area contributed by atoms with Crippen molar-refractivity contribution in [3.8, 4) is 5.75 Å². The Morgan fingerprint density at radius 2 is 2.06 bits per heavy atom. The van der Waals surface area contributed by atoms with E-state index in [9.17, 15) is 9.59 Å². The van der Waals surface area contributed by atoms with Gasteiger partial charge in [0.05, 0.1) is 31.6 Å².